The summed E-state index contributed by atoms with van der Waals surface area (Å²) in [5.74, 6) is -0.668. The summed E-state index contributed by atoms with van der Waals surface area (Å²) >= 11 is 0. The second-order valence-electron chi connectivity index (χ2n) is 7.92. The van der Waals surface area contributed by atoms with E-state index in [1.807, 2.05) is 57.2 Å². The monoisotopic (exact) mass is 388 g/mol. The lowest BCUT2D eigenvalue weighted by Crippen LogP contribution is -2.30. The number of Topliss-reactive ketones (excluding diaryl/α,β-unsaturated/α-hetero) is 1. The van der Waals surface area contributed by atoms with E-state index < -0.39 is 5.41 Å². The molecule has 0 heterocycles. The molecule has 0 saturated heterocycles. The number of carbonyl (C=O) groups is 3. The van der Waals surface area contributed by atoms with Crippen molar-refractivity contribution in [3.05, 3.63) is 77.9 Å². The van der Waals surface area contributed by atoms with Crippen molar-refractivity contribution in [1.29, 1.82) is 0 Å². The summed E-state index contributed by atoms with van der Waals surface area (Å²) in [6.45, 7) is 5.35. The van der Waals surface area contributed by atoms with Crippen LogP contribution in [0.5, 0.6) is 0 Å². The third kappa shape index (κ3) is 4.88. The SMILES string of the molecule is CC(C)(C)C(=O)Nc1cccc(C(=O)NCC(=O)c2cccc3ccccc23)c1. The second-order valence-corrected chi connectivity index (χ2v) is 7.92. The fourth-order valence-corrected chi connectivity index (χ4v) is 2.88. The van der Waals surface area contributed by atoms with Gasteiger partial charge in [-0.15, -0.1) is 0 Å². The van der Waals surface area contributed by atoms with Gasteiger partial charge in [-0.05, 0) is 29.0 Å². The molecule has 0 atom stereocenters. The lowest BCUT2D eigenvalue weighted by Gasteiger charge is -2.18. The van der Waals surface area contributed by atoms with E-state index >= 15 is 0 Å². The molecule has 2 N–H and O–H groups in total. The summed E-state index contributed by atoms with van der Waals surface area (Å²) < 4.78 is 0. The number of amides is 2. The highest BCUT2D eigenvalue weighted by Crippen LogP contribution is 2.20. The van der Waals surface area contributed by atoms with E-state index in [2.05, 4.69) is 10.6 Å². The fourth-order valence-electron chi connectivity index (χ4n) is 2.88. The molecular formula is C24H24N2O3. The first-order chi connectivity index (χ1) is 13.8. The quantitative estimate of drug-likeness (QED) is 0.635. The molecule has 148 valence electrons. The molecule has 0 radical (unpaired) electrons. The van der Waals surface area contributed by atoms with Crippen LogP contribution in [0.3, 0.4) is 0 Å². The minimum Gasteiger partial charge on any atom is -0.345 e. The molecule has 0 saturated carbocycles. The molecule has 0 spiro atoms. The third-order valence-electron chi connectivity index (χ3n) is 4.56. The molecule has 0 aliphatic rings. The largest absolute Gasteiger partial charge is 0.345 e. The Balaban J connectivity index is 1.68. The van der Waals surface area contributed by atoms with Crippen molar-refractivity contribution >= 4 is 34.1 Å². The molecule has 3 aromatic rings. The summed E-state index contributed by atoms with van der Waals surface area (Å²) in [5.41, 5.74) is 0.957. The number of rotatable bonds is 5. The predicted octanol–water partition coefficient (Wildman–Crippen LogP) is 4.44. The van der Waals surface area contributed by atoms with Crippen LogP contribution in [0.1, 0.15) is 41.5 Å². The highest BCUT2D eigenvalue weighted by Gasteiger charge is 2.21. The predicted molar refractivity (Wildman–Crippen MR) is 115 cm³/mol. The van der Waals surface area contributed by atoms with Crippen LogP contribution in [0.25, 0.3) is 10.8 Å². The average Bonchev–Trinajstić information content (AvgIpc) is 2.70. The van der Waals surface area contributed by atoms with Gasteiger partial charge in [0.15, 0.2) is 5.78 Å². The Kier molecular flexibility index (Phi) is 5.78. The Hall–Kier alpha value is -3.47. The Morgan fingerprint density at radius 1 is 0.862 bits per heavy atom. The van der Waals surface area contributed by atoms with Gasteiger partial charge in [-0.2, -0.15) is 0 Å². The number of anilines is 1. The first-order valence-corrected chi connectivity index (χ1v) is 9.46. The zero-order valence-corrected chi connectivity index (χ0v) is 16.8. The highest BCUT2D eigenvalue weighted by atomic mass is 16.2. The van der Waals surface area contributed by atoms with Crippen molar-refractivity contribution in [1.82, 2.24) is 5.32 Å². The maximum absolute atomic E-state index is 12.6. The van der Waals surface area contributed by atoms with E-state index in [4.69, 9.17) is 0 Å². The normalized spacial score (nSPS) is 11.1. The lowest BCUT2D eigenvalue weighted by atomic mass is 9.95. The van der Waals surface area contributed by atoms with E-state index in [0.29, 0.717) is 16.8 Å². The van der Waals surface area contributed by atoms with Crippen molar-refractivity contribution in [2.24, 2.45) is 5.41 Å². The van der Waals surface area contributed by atoms with Crippen LogP contribution in [0.4, 0.5) is 5.69 Å². The summed E-state index contributed by atoms with van der Waals surface area (Å²) in [6, 6.07) is 19.8. The van der Waals surface area contributed by atoms with Crippen LogP contribution in [0.2, 0.25) is 0 Å². The van der Waals surface area contributed by atoms with E-state index in [-0.39, 0.29) is 24.1 Å². The maximum atomic E-state index is 12.6. The minimum atomic E-state index is -0.539. The number of fused-ring (bicyclic) bond motifs is 1. The zero-order chi connectivity index (χ0) is 21.0. The van der Waals surface area contributed by atoms with Gasteiger partial charge in [0, 0.05) is 22.2 Å². The third-order valence-corrected chi connectivity index (χ3v) is 4.56. The number of hydrogen-bond donors (Lipinski definition) is 2. The van der Waals surface area contributed by atoms with Crippen molar-refractivity contribution in [3.63, 3.8) is 0 Å². The molecule has 0 aliphatic carbocycles. The molecule has 0 aliphatic heterocycles. The molecule has 29 heavy (non-hydrogen) atoms. The molecule has 0 unspecified atom stereocenters. The van der Waals surface area contributed by atoms with Gasteiger partial charge in [-0.1, -0.05) is 69.3 Å². The summed E-state index contributed by atoms with van der Waals surface area (Å²) in [4.78, 5) is 37.3. The van der Waals surface area contributed by atoms with Gasteiger partial charge in [0.25, 0.3) is 5.91 Å². The number of benzene rings is 3. The average molecular weight is 388 g/mol. The van der Waals surface area contributed by atoms with E-state index in [1.165, 1.54) is 0 Å². The summed E-state index contributed by atoms with van der Waals surface area (Å²) in [7, 11) is 0. The van der Waals surface area contributed by atoms with Crippen molar-refractivity contribution in [3.8, 4) is 0 Å². The maximum Gasteiger partial charge on any atom is 0.251 e. The lowest BCUT2D eigenvalue weighted by molar-refractivity contribution is -0.123. The standard InChI is InChI=1S/C24H24N2O3/c1-24(2,3)23(29)26-18-11-6-10-17(14-18)22(28)25-15-21(27)20-13-7-9-16-8-4-5-12-19(16)20/h4-14H,15H2,1-3H3,(H,25,28)(H,26,29). The molecule has 5 nitrogen and oxygen atoms in total. The van der Waals surface area contributed by atoms with Crippen molar-refractivity contribution in [2.45, 2.75) is 20.8 Å². The van der Waals surface area contributed by atoms with Crippen molar-refractivity contribution in [2.75, 3.05) is 11.9 Å². The van der Waals surface area contributed by atoms with E-state index in [0.717, 1.165) is 10.8 Å². The van der Waals surface area contributed by atoms with Gasteiger partial charge in [0.2, 0.25) is 5.91 Å². The Morgan fingerprint density at radius 3 is 2.31 bits per heavy atom. The van der Waals surface area contributed by atoms with Crippen molar-refractivity contribution < 1.29 is 14.4 Å². The topological polar surface area (TPSA) is 75.3 Å². The fraction of sp³-hybridized carbons (Fsp3) is 0.208. The molecule has 2 amide bonds. The van der Waals surface area contributed by atoms with Gasteiger partial charge in [-0.3, -0.25) is 14.4 Å². The summed E-state index contributed by atoms with van der Waals surface area (Å²) in [6.07, 6.45) is 0. The molecule has 3 rings (SSSR count). The van der Waals surface area contributed by atoms with E-state index in [1.54, 1.807) is 30.3 Å². The molecule has 0 fully saturated rings. The first-order valence-electron chi connectivity index (χ1n) is 9.46. The van der Waals surface area contributed by atoms with Gasteiger partial charge in [0.1, 0.15) is 0 Å². The number of ketones is 1. The number of carbonyl (C=O) groups excluding carboxylic acids is 3. The minimum absolute atomic E-state index is 0.106. The molecule has 3 aromatic carbocycles. The molecule has 0 aromatic heterocycles. The van der Waals surface area contributed by atoms with Crippen LogP contribution in [-0.2, 0) is 4.79 Å². The molecule has 5 heteroatoms. The van der Waals surface area contributed by atoms with Gasteiger partial charge in [-0.25, -0.2) is 0 Å². The van der Waals surface area contributed by atoms with Gasteiger partial charge >= 0.3 is 0 Å². The highest BCUT2D eigenvalue weighted by molar-refractivity contribution is 6.10. The Morgan fingerprint density at radius 2 is 1.55 bits per heavy atom. The smallest absolute Gasteiger partial charge is 0.251 e. The van der Waals surface area contributed by atoms with Crippen LogP contribution >= 0.6 is 0 Å². The van der Waals surface area contributed by atoms with Crippen LogP contribution in [0, 0.1) is 5.41 Å². The number of hydrogen-bond acceptors (Lipinski definition) is 3. The summed E-state index contributed by atoms with van der Waals surface area (Å²) in [5, 5.41) is 7.31. The Bertz CT molecular complexity index is 1080. The molecule has 0 bridgehead atoms. The zero-order valence-electron chi connectivity index (χ0n) is 16.8. The van der Waals surface area contributed by atoms with Gasteiger partial charge in [0.05, 0.1) is 6.54 Å². The van der Waals surface area contributed by atoms with E-state index in [9.17, 15) is 14.4 Å². The number of nitrogens with one attached hydrogen (secondary N) is 2. The first kappa shape index (κ1) is 20.3. The molecular weight excluding hydrogens is 364 g/mol. The second kappa shape index (κ2) is 8.27. The van der Waals surface area contributed by atoms with Crippen LogP contribution in [-0.4, -0.2) is 24.1 Å². The van der Waals surface area contributed by atoms with Crippen LogP contribution < -0.4 is 10.6 Å². The van der Waals surface area contributed by atoms with Crippen LogP contribution in [0.15, 0.2) is 66.7 Å². The van der Waals surface area contributed by atoms with Gasteiger partial charge < -0.3 is 10.6 Å². The Labute approximate surface area is 170 Å².